The Morgan fingerprint density at radius 3 is 2.41 bits per heavy atom. The summed E-state index contributed by atoms with van der Waals surface area (Å²) in [7, 11) is 0. The molecule has 17 heavy (non-hydrogen) atoms. The normalized spacial score (nSPS) is 10.9. The third kappa shape index (κ3) is 2.94. The fourth-order valence-corrected chi connectivity index (χ4v) is 1.94. The van der Waals surface area contributed by atoms with E-state index in [1.807, 2.05) is 11.8 Å². The zero-order valence-corrected chi connectivity index (χ0v) is 11.2. The molecule has 0 amide bonds. The Labute approximate surface area is 107 Å². The van der Waals surface area contributed by atoms with Gasteiger partial charge in [0.1, 0.15) is 5.02 Å². The molecule has 3 nitrogen and oxygen atoms in total. The van der Waals surface area contributed by atoms with Gasteiger partial charge in [-0.3, -0.25) is 0 Å². The van der Waals surface area contributed by atoms with Crippen molar-refractivity contribution in [1.82, 2.24) is 0 Å². The maximum Gasteiger partial charge on any atom is 0.169 e. The molecular weight excluding hydrogens is 241 g/mol. The van der Waals surface area contributed by atoms with Gasteiger partial charge in [-0.2, -0.15) is 0 Å². The summed E-state index contributed by atoms with van der Waals surface area (Å²) in [6.45, 7) is 7.47. The average molecular weight is 260 g/mol. The summed E-state index contributed by atoms with van der Waals surface area (Å²) in [4.78, 5) is 1.88. The zero-order valence-electron chi connectivity index (χ0n) is 10.4. The van der Waals surface area contributed by atoms with Crippen molar-refractivity contribution < 1.29 is 4.39 Å². The van der Waals surface area contributed by atoms with Gasteiger partial charge in [-0.05, 0) is 18.9 Å². The molecule has 5 heteroatoms. The van der Waals surface area contributed by atoms with E-state index in [0.29, 0.717) is 23.8 Å². The number of hydrogen-bond acceptors (Lipinski definition) is 3. The Kier molecular flexibility index (Phi) is 4.46. The van der Waals surface area contributed by atoms with Crippen LogP contribution in [0.25, 0.3) is 0 Å². The standard InChI is InChI=1S/C12H19ClFN3/c1-4-17(6-7(2)3)12-9(16)5-8(15)10(13)11(12)14/h5,7H,4,6,15-16H2,1-3H3. The van der Waals surface area contributed by atoms with Crippen molar-refractivity contribution >= 4 is 28.7 Å². The van der Waals surface area contributed by atoms with Crippen molar-refractivity contribution in [3.8, 4) is 0 Å². The van der Waals surface area contributed by atoms with E-state index in [-0.39, 0.29) is 10.7 Å². The highest BCUT2D eigenvalue weighted by Crippen LogP contribution is 2.36. The quantitative estimate of drug-likeness (QED) is 0.817. The lowest BCUT2D eigenvalue weighted by Gasteiger charge is -2.27. The van der Waals surface area contributed by atoms with Crippen LogP contribution in [-0.2, 0) is 0 Å². The number of rotatable bonds is 4. The highest BCUT2D eigenvalue weighted by Gasteiger charge is 2.19. The van der Waals surface area contributed by atoms with Crippen LogP contribution < -0.4 is 16.4 Å². The van der Waals surface area contributed by atoms with Crippen LogP contribution in [-0.4, -0.2) is 13.1 Å². The van der Waals surface area contributed by atoms with E-state index in [1.54, 1.807) is 0 Å². The molecule has 1 aromatic carbocycles. The molecule has 0 fully saturated rings. The van der Waals surface area contributed by atoms with E-state index in [2.05, 4.69) is 13.8 Å². The van der Waals surface area contributed by atoms with Gasteiger partial charge in [0.05, 0.1) is 17.1 Å². The van der Waals surface area contributed by atoms with E-state index in [9.17, 15) is 4.39 Å². The van der Waals surface area contributed by atoms with Crippen molar-refractivity contribution in [3.63, 3.8) is 0 Å². The minimum atomic E-state index is -0.535. The van der Waals surface area contributed by atoms with Gasteiger partial charge in [-0.25, -0.2) is 4.39 Å². The van der Waals surface area contributed by atoms with Crippen LogP contribution in [0.15, 0.2) is 6.07 Å². The monoisotopic (exact) mass is 259 g/mol. The fourth-order valence-electron chi connectivity index (χ4n) is 1.80. The summed E-state index contributed by atoms with van der Waals surface area (Å²) < 4.78 is 14.1. The summed E-state index contributed by atoms with van der Waals surface area (Å²) in [5, 5.41) is -0.0589. The minimum absolute atomic E-state index is 0.0589. The maximum absolute atomic E-state index is 14.1. The van der Waals surface area contributed by atoms with E-state index in [4.69, 9.17) is 23.1 Å². The number of anilines is 3. The molecule has 0 aliphatic carbocycles. The molecule has 0 aliphatic heterocycles. The van der Waals surface area contributed by atoms with Crippen LogP contribution in [0.5, 0.6) is 0 Å². The first-order valence-electron chi connectivity index (χ1n) is 5.66. The molecule has 0 aromatic heterocycles. The number of hydrogen-bond donors (Lipinski definition) is 2. The second-order valence-electron chi connectivity index (χ2n) is 4.46. The van der Waals surface area contributed by atoms with Gasteiger partial charge < -0.3 is 16.4 Å². The Balaban J connectivity index is 3.24. The van der Waals surface area contributed by atoms with Crippen molar-refractivity contribution in [3.05, 3.63) is 16.9 Å². The third-order valence-electron chi connectivity index (χ3n) is 2.52. The Morgan fingerprint density at radius 1 is 1.35 bits per heavy atom. The molecule has 96 valence electrons. The number of nitrogen functional groups attached to an aromatic ring is 2. The van der Waals surface area contributed by atoms with Crippen LogP contribution in [0.3, 0.4) is 0 Å². The summed E-state index contributed by atoms with van der Waals surface area (Å²) in [6, 6.07) is 1.50. The lowest BCUT2D eigenvalue weighted by atomic mass is 10.1. The molecule has 1 aromatic rings. The van der Waals surface area contributed by atoms with E-state index < -0.39 is 5.82 Å². The minimum Gasteiger partial charge on any atom is -0.397 e. The molecule has 0 spiro atoms. The molecule has 0 unspecified atom stereocenters. The van der Waals surface area contributed by atoms with Gasteiger partial charge in [-0.15, -0.1) is 0 Å². The Bertz CT molecular complexity index is 407. The average Bonchev–Trinajstić information content (AvgIpc) is 2.24. The van der Waals surface area contributed by atoms with E-state index >= 15 is 0 Å². The summed E-state index contributed by atoms with van der Waals surface area (Å²) in [5.74, 6) is -0.128. The van der Waals surface area contributed by atoms with Crippen molar-refractivity contribution in [2.75, 3.05) is 29.5 Å². The topological polar surface area (TPSA) is 55.3 Å². The van der Waals surface area contributed by atoms with Crippen LogP contribution in [0.2, 0.25) is 5.02 Å². The number of benzene rings is 1. The predicted molar refractivity (Wildman–Crippen MR) is 73.0 cm³/mol. The van der Waals surface area contributed by atoms with E-state index in [1.165, 1.54) is 6.07 Å². The molecule has 0 radical (unpaired) electrons. The van der Waals surface area contributed by atoms with Gasteiger partial charge >= 0.3 is 0 Å². The molecule has 0 bridgehead atoms. The Morgan fingerprint density at radius 2 is 1.94 bits per heavy atom. The van der Waals surface area contributed by atoms with Gasteiger partial charge in [0.15, 0.2) is 5.82 Å². The third-order valence-corrected chi connectivity index (χ3v) is 2.91. The van der Waals surface area contributed by atoms with Crippen LogP contribution in [0.1, 0.15) is 20.8 Å². The summed E-state index contributed by atoms with van der Waals surface area (Å²) >= 11 is 5.81. The molecule has 4 N–H and O–H groups in total. The molecule has 0 saturated carbocycles. The molecule has 0 atom stereocenters. The maximum atomic E-state index is 14.1. The molecule has 1 rings (SSSR count). The second kappa shape index (κ2) is 5.45. The smallest absolute Gasteiger partial charge is 0.169 e. The second-order valence-corrected chi connectivity index (χ2v) is 4.84. The summed E-state index contributed by atoms with van der Waals surface area (Å²) in [5.41, 5.74) is 12.2. The van der Waals surface area contributed by atoms with Gasteiger partial charge in [-0.1, -0.05) is 25.4 Å². The lowest BCUT2D eigenvalue weighted by Crippen LogP contribution is -2.29. The SMILES string of the molecule is CCN(CC(C)C)c1c(N)cc(N)c(Cl)c1F. The molecular formula is C12H19ClFN3. The fraction of sp³-hybridized carbons (Fsp3) is 0.500. The number of nitrogens with two attached hydrogens (primary N) is 2. The number of halogens is 2. The van der Waals surface area contributed by atoms with Crippen LogP contribution in [0, 0.1) is 11.7 Å². The number of nitrogens with zero attached hydrogens (tertiary/aromatic N) is 1. The highest BCUT2D eigenvalue weighted by molar-refractivity contribution is 6.33. The van der Waals surface area contributed by atoms with Gasteiger partial charge in [0, 0.05) is 13.1 Å². The zero-order chi connectivity index (χ0) is 13.2. The largest absolute Gasteiger partial charge is 0.397 e. The lowest BCUT2D eigenvalue weighted by molar-refractivity contribution is 0.588. The predicted octanol–water partition coefficient (Wildman–Crippen LogP) is 3.13. The highest BCUT2D eigenvalue weighted by atomic mass is 35.5. The van der Waals surface area contributed by atoms with Crippen molar-refractivity contribution in [2.45, 2.75) is 20.8 Å². The van der Waals surface area contributed by atoms with Crippen LogP contribution >= 0.6 is 11.6 Å². The molecule has 0 aliphatic rings. The summed E-state index contributed by atoms with van der Waals surface area (Å²) in [6.07, 6.45) is 0. The molecule has 0 saturated heterocycles. The first-order chi connectivity index (χ1) is 7.88. The van der Waals surface area contributed by atoms with Crippen molar-refractivity contribution in [1.29, 1.82) is 0 Å². The first-order valence-corrected chi connectivity index (χ1v) is 6.04. The Hall–Kier alpha value is -1.16. The van der Waals surface area contributed by atoms with Crippen LogP contribution in [0.4, 0.5) is 21.5 Å². The van der Waals surface area contributed by atoms with Gasteiger partial charge in [0.2, 0.25) is 0 Å². The van der Waals surface area contributed by atoms with E-state index in [0.717, 1.165) is 6.54 Å². The first kappa shape index (κ1) is 13.9. The molecule has 0 heterocycles. The van der Waals surface area contributed by atoms with Crippen molar-refractivity contribution in [2.24, 2.45) is 5.92 Å². The van der Waals surface area contributed by atoms with Gasteiger partial charge in [0.25, 0.3) is 0 Å².